The van der Waals surface area contributed by atoms with Crippen molar-refractivity contribution < 1.29 is 0 Å². The molecule has 14 heavy (non-hydrogen) atoms. The lowest BCUT2D eigenvalue weighted by molar-refractivity contribution is 0.490. The molecule has 1 saturated carbocycles. The first-order chi connectivity index (χ1) is 6.88. The van der Waals surface area contributed by atoms with Crippen LogP contribution in [0, 0.1) is 5.92 Å². The van der Waals surface area contributed by atoms with Crippen molar-refractivity contribution in [1.29, 1.82) is 0 Å². The Hall–Kier alpha value is -0.820. The van der Waals surface area contributed by atoms with Gasteiger partial charge in [0.1, 0.15) is 0 Å². The van der Waals surface area contributed by atoms with Crippen LogP contribution in [0.2, 0.25) is 0 Å². The van der Waals surface area contributed by atoms with Crippen LogP contribution in [0.25, 0.3) is 0 Å². The predicted octanol–water partition coefficient (Wildman–Crippen LogP) is 2.62. The van der Waals surface area contributed by atoms with Gasteiger partial charge in [0.25, 0.3) is 0 Å². The van der Waals surface area contributed by atoms with Crippen LogP contribution < -0.4 is 5.32 Å². The first-order valence-corrected chi connectivity index (χ1v) is 5.59. The minimum Gasteiger partial charge on any atom is -0.317 e. The Labute approximate surface area is 86.5 Å². The van der Waals surface area contributed by atoms with E-state index >= 15 is 0 Å². The van der Waals surface area contributed by atoms with E-state index in [0.29, 0.717) is 6.04 Å². The minimum atomic E-state index is 0.671. The van der Waals surface area contributed by atoms with Crippen molar-refractivity contribution >= 4 is 0 Å². The summed E-state index contributed by atoms with van der Waals surface area (Å²) in [4.78, 5) is 0. The number of likely N-dealkylation sites (N-methyl/N-ethyl adjacent to an activating group) is 1. The molecule has 0 aromatic heterocycles. The maximum Gasteiger partial charge on any atom is 0.0107 e. The van der Waals surface area contributed by atoms with Gasteiger partial charge in [0.2, 0.25) is 0 Å². The van der Waals surface area contributed by atoms with E-state index in [9.17, 15) is 0 Å². The average Bonchev–Trinajstić information content (AvgIpc) is 3.02. The topological polar surface area (TPSA) is 12.0 Å². The van der Waals surface area contributed by atoms with Crippen LogP contribution in [0.15, 0.2) is 30.3 Å². The summed E-state index contributed by atoms with van der Waals surface area (Å²) in [6.45, 7) is 0. The second-order valence-corrected chi connectivity index (χ2v) is 4.35. The van der Waals surface area contributed by atoms with Crippen molar-refractivity contribution in [2.45, 2.75) is 31.7 Å². The molecule has 2 rings (SSSR count). The van der Waals surface area contributed by atoms with Crippen LogP contribution in [-0.4, -0.2) is 13.1 Å². The van der Waals surface area contributed by atoms with Gasteiger partial charge in [0.15, 0.2) is 0 Å². The Morgan fingerprint density at radius 1 is 1.29 bits per heavy atom. The molecule has 0 amide bonds. The fourth-order valence-corrected chi connectivity index (χ4v) is 1.96. The number of hydrogen-bond acceptors (Lipinski definition) is 1. The summed E-state index contributed by atoms with van der Waals surface area (Å²) in [5, 5.41) is 3.42. The Morgan fingerprint density at radius 2 is 2.00 bits per heavy atom. The number of benzene rings is 1. The Balaban J connectivity index is 1.87. The number of nitrogens with one attached hydrogen (secondary N) is 1. The Bertz CT molecular complexity index is 264. The fraction of sp³-hybridized carbons (Fsp3) is 0.538. The normalized spacial score (nSPS) is 18.1. The monoisotopic (exact) mass is 189 g/mol. The summed E-state index contributed by atoms with van der Waals surface area (Å²) < 4.78 is 0. The molecule has 1 N–H and O–H groups in total. The van der Waals surface area contributed by atoms with E-state index < -0.39 is 0 Å². The summed E-state index contributed by atoms with van der Waals surface area (Å²) in [7, 11) is 2.08. The second-order valence-electron chi connectivity index (χ2n) is 4.35. The highest BCUT2D eigenvalue weighted by Gasteiger charge is 2.24. The third-order valence-electron chi connectivity index (χ3n) is 3.05. The van der Waals surface area contributed by atoms with E-state index in [0.717, 1.165) is 5.92 Å². The largest absolute Gasteiger partial charge is 0.317 e. The molecule has 0 aliphatic heterocycles. The van der Waals surface area contributed by atoms with E-state index in [2.05, 4.69) is 42.7 Å². The maximum atomic E-state index is 3.42. The van der Waals surface area contributed by atoms with Crippen molar-refractivity contribution in [3.63, 3.8) is 0 Å². The number of rotatable bonds is 5. The van der Waals surface area contributed by atoms with Gasteiger partial charge in [-0.15, -0.1) is 0 Å². The van der Waals surface area contributed by atoms with Crippen LogP contribution in [0.3, 0.4) is 0 Å². The zero-order valence-corrected chi connectivity index (χ0v) is 8.87. The molecule has 1 atom stereocenters. The molecular formula is C13H19N. The van der Waals surface area contributed by atoms with Gasteiger partial charge < -0.3 is 5.32 Å². The highest BCUT2D eigenvalue weighted by atomic mass is 14.9. The Kier molecular flexibility index (Phi) is 3.20. The standard InChI is InChI=1S/C13H19N/c1-14-13(10-12-7-8-12)9-11-5-3-2-4-6-11/h2-6,12-14H,7-10H2,1H3. The van der Waals surface area contributed by atoms with Crippen LogP contribution in [-0.2, 0) is 6.42 Å². The molecule has 1 heteroatoms. The molecule has 76 valence electrons. The fourth-order valence-electron chi connectivity index (χ4n) is 1.96. The van der Waals surface area contributed by atoms with Gasteiger partial charge in [-0.3, -0.25) is 0 Å². The third kappa shape index (κ3) is 2.85. The lowest BCUT2D eigenvalue weighted by Crippen LogP contribution is -2.28. The molecule has 1 aliphatic rings. The van der Waals surface area contributed by atoms with Gasteiger partial charge in [-0.25, -0.2) is 0 Å². The van der Waals surface area contributed by atoms with Crippen LogP contribution >= 0.6 is 0 Å². The maximum absolute atomic E-state index is 3.42. The first kappa shape index (κ1) is 9.72. The van der Waals surface area contributed by atoms with Crippen LogP contribution in [0.5, 0.6) is 0 Å². The van der Waals surface area contributed by atoms with Gasteiger partial charge in [-0.05, 0) is 31.4 Å². The summed E-state index contributed by atoms with van der Waals surface area (Å²) in [6, 6.07) is 11.4. The molecule has 1 aromatic rings. The predicted molar refractivity (Wildman–Crippen MR) is 60.3 cm³/mol. The molecule has 0 saturated heterocycles. The van der Waals surface area contributed by atoms with Gasteiger partial charge in [-0.2, -0.15) is 0 Å². The first-order valence-electron chi connectivity index (χ1n) is 5.59. The second kappa shape index (κ2) is 4.61. The molecule has 1 fully saturated rings. The molecule has 1 unspecified atom stereocenters. The smallest absolute Gasteiger partial charge is 0.0107 e. The molecule has 1 aromatic carbocycles. The van der Waals surface area contributed by atoms with Gasteiger partial charge in [0, 0.05) is 6.04 Å². The highest BCUT2D eigenvalue weighted by Crippen LogP contribution is 2.33. The van der Waals surface area contributed by atoms with Crippen molar-refractivity contribution in [2.75, 3.05) is 7.05 Å². The summed E-state index contributed by atoms with van der Waals surface area (Å²) in [6.07, 6.45) is 5.43. The molecular weight excluding hydrogens is 170 g/mol. The van der Waals surface area contributed by atoms with E-state index in [1.54, 1.807) is 0 Å². The molecule has 1 nitrogen and oxygen atoms in total. The molecule has 0 bridgehead atoms. The third-order valence-corrected chi connectivity index (χ3v) is 3.05. The van der Waals surface area contributed by atoms with Gasteiger partial charge in [-0.1, -0.05) is 43.2 Å². The lowest BCUT2D eigenvalue weighted by atomic mass is 10.0. The van der Waals surface area contributed by atoms with Gasteiger partial charge in [0.05, 0.1) is 0 Å². The van der Waals surface area contributed by atoms with Crippen molar-refractivity contribution in [3.8, 4) is 0 Å². The highest BCUT2D eigenvalue weighted by molar-refractivity contribution is 5.15. The lowest BCUT2D eigenvalue weighted by Gasteiger charge is -2.15. The SMILES string of the molecule is CNC(Cc1ccccc1)CC1CC1. The molecule has 0 radical (unpaired) electrons. The van der Waals surface area contributed by atoms with Crippen LogP contribution in [0.4, 0.5) is 0 Å². The van der Waals surface area contributed by atoms with Crippen molar-refractivity contribution in [3.05, 3.63) is 35.9 Å². The minimum absolute atomic E-state index is 0.671. The molecule has 1 aliphatic carbocycles. The summed E-state index contributed by atoms with van der Waals surface area (Å²) in [5.41, 5.74) is 1.45. The number of hydrogen-bond donors (Lipinski definition) is 1. The summed E-state index contributed by atoms with van der Waals surface area (Å²) in [5.74, 6) is 1.01. The Morgan fingerprint density at radius 3 is 2.57 bits per heavy atom. The summed E-state index contributed by atoms with van der Waals surface area (Å²) >= 11 is 0. The van der Waals surface area contributed by atoms with Crippen molar-refractivity contribution in [2.24, 2.45) is 5.92 Å². The van der Waals surface area contributed by atoms with Crippen LogP contribution in [0.1, 0.15) is 24.8 Å². The van der Waals surface area contributed by atoms with E-state index in [-0.39, 0.29) is 0 Å². The van der Waals surface area contributed by atoms with E-state index in [1.807, 2.05) is 0 Å². The average molecular weight is 189 g/mol. The zero-order chi connectivity index (χ0) is 9.80. The molecule has 0 spiro atoms. The molecule has 0 heterocycles. The quantitative estimate of drug-likeness (QED) is 0.750. The van der Waals surface area contributed by atoms with Gasteiger partial charge >= 0.3 is 0 Å². The van der Waals surface area contributed by atoms with Crippen molar-refractivity contribution in [1.82, 2.24) is 5.32 Å². The zero-order valence-electron chi connectivity index (χ0n) is 8.87. The van der Waals surface area contributed by atoms with E-state index in [1.165, 1.54) is 31.2 Å². The van der Waals surface area contributed by atoms with E-state index in [4.69, 9.17) is 0 Å².